The Morgan fingerprint density at radius 3 is 2.75 bits per heavy atom. The molecule has 3 aliphatic rings. The third-order valence-corrected chi connectivity index (χ3v) is 5.81. The van der Waals surface area contributed by atoms with Gasteiger partial charge in [-0.05, 0) is 30.9 Å². The van der Waals surface area contributed by atoms with Crippen LogP contribution in [0.4, 0.5) is 5.69 Å². The zero-order valence-electron chi connectivity index (χ0n) is 16.2. The van der Waals surface area contributed by atoms with E-state index in [-0.39, 0.29) is 31.1 Å². The summed E-state index contributed by atoms with van der Waals surface area (Å²) in [6.07, 6.45) is 6.84. The molecule has 2 fully saturated rings. The van der Waals surface area contributed by atoms with E-state index in [0.29, 0.717) is 49.3 Å². The smallest absolute Gasteiger partial charge is 0.231 e. The number of carbonyl (C=O) groups is 2. The molecule has 1 atom stereocenters. The lowest BCUT2D eigenvalue weighted by molar-refractivity contribution is -0.142. The van der Waals surface area contributed by atoms with Crippen LogP contribution in [0.2, 0.25) is 0 Å². The number of nitrogens with zero attached hydrogens (tertiary/aromatic N) is 1. The normalized spacial score (nSPS) is 22.1. The van der Waals surface area contributed by atoms with E-state index in [4.69, 9.17) is 14.2 Å². The second-order valence-electron chi connectivity index (χ2n) is 7.84. The first-order valence-corrected chi connectivity index (χ1v) is 10.3. The van der Waals surface area contributed by atoms with Gasteiger partial charge in [-0.2, -0.15) is 0 Å². The molecule has 0 bridgehead atoms. The first-order valence-electron chi connectivity index (χ1n) is 10.3. The van der Waals surface area contributed by atoms with Crippen LogP contribution in [-0.2, 0) is 14.3 Å². The van der Waals surface area contributed by atoms with Crippen LogP contribution in [0.1, 0.15) is 44.9 Å². The van der Waals surface area contributed by atoms with E-state index in [1.54, 1.807) is 18.2 Å². The van der Waals surface area contributed by atoms with Gasteiger partial charge >= 0.3 is 0 Å². The Kier molecular flexibility index (Phi) is 6.00. The van der Waals surface area contributed by atoms with E-state index in [1.165, 1.54) is 19.3 Å². The molecule has 4 rings (SSSR count). The van der Waals surface area contributed by atoms with Crippen LogP contribution in [0, 0.1) is 5.92 Å². The summed E-state index contributed by atoms with van der Waals surface area (Å²) in [6.45, 7) is 1.71. The molecular formula is C21H28N2O5. The number of amides is 2. The number of hydrogen-bond acceptors (Lipinski definition) is 5. The zero-order valence-corrected chi connectivity index (χ0v) is 16.2. The predicted molar refractivity (Wildman–Crippen MR) is 103 cm³/mol. The van der Waals surface area contributed by atoms with Gasteiger partial charge in [0.1, 0.15) is 0 Å². The number of morpholine rings is 1. The average Bonchev–Trinajstić information content (AvgIpc) is 3.17. The molecule has 1 aromatic rings. The number of ether oxygens (including phenoxy) is 3. The Balaban J connectivity index is 1.33. The molecule has 1 aliphatic carbocycles. The average molecular weight is 388 g/mol. The fourth-order valence-electron chi connectivity index (χ4n) is 4.31. The van der Waals surface area contributed by atoms with Gasteiger partial charge in [0, 0.05) is 31.1 Å². The number of fused-ring (bicyclic) bond motifs is 1. The van der Waals surface area contributed by atoms with Crippen molar-refractivity contribution in [1.82, 2.24) is 4.90 Å². The molecule has 28 heavy (non-hydrogen) atoms. The molecule has 1 aromatic carbocycles. The molecule has 0 aromatic heterocycles. The minimum Gasteiger partial charge on any atom is -0.454 e. The summed E-state index contributed by atoms with van der Waals surface area (Å²) in [5.41, 5.74) is 0.658. The Hall–Kier alpha value is -2.28. The number of carbonyl (C=O) groups excluding carboxylic acids is 2. The first-order chi connectivity index (χ1) is 13.7. The summed E-state index contributed by atoms with van der Waals surface area (Å²) in [4.78, 5) is 27.3. The van der Waals surface area contributed by atoms with Crippen LogP contribution in [0.3, 0.4) is 0 Å². The quantitative estimate of drug-likeness (QED) is 0.839. The highest BCUT2D eigenvalue weighted by Crippen LogP contribution is 2.34. The molecule has 7 heteroatoms. The molecule has 1 N–H and O–H groups in total. The Labute approximate surface area is 165 Å². The van der Waals surface area contributed by atoms with Gasteiger partial charge in [-0.3, -0.25) is 9.59 Å². The number of nitrogens with one attached hydrogen (secondary N) is 1. The molecule has 2 heterocycles. The molecule has 0 unspecified atom stereocenters. The van der Waals surface area contributed by atoms with Crippen molar-refractivity contribution in [3.8, 4) is 11.5 Å². The van der Waals surface area contributed by atoms with Gasteiger partial charge in [0.15, 0.2) is 11.5 Å². The highest BCUT2D eigenvalue weighted by molar-refractivity contribution is 5.92. The van der Waals surface area contributed by atoms with E-state index in [0.717, 1.165) is 12.8 Å². The van der Waals surface area contributed by atoms with Gasteiger partial charge in [0.2, 0.25) is 18.6 Å². The van der Waals surface area contributed by atoms with Crippen LogP contribution in [0.5, 0.6) is 11.5 Å². The van der Waals surface area contributed by atoms with Gasteiger partial charge in [-0.15, -0.1) is 0 Å². The summed E-state index contributed by atoms with van der Waals surface area (Å²) in [5, 5.41) is 2.89. The third-order valence-electron chi connectivity index (χ3n) is 5.81. The van der Waals surface area contributed by atoms with Crippen LogP contribution < -0.4 is 14.8 Å². The van der Waals surface area contributed by atoms with Crippen LogP contribution in [0.15, 0.2) is 18.2 Å². The molecule has 1 saturated heterocycles. The number of anilines is 1. The van der Waals surface area contributed by atoms with Crippen molar-refractivity contribution < 1.29 is 23.8 Å². The molecule has 0 spiro atoms. The summed E-state index contributed by atoms with van der Waals surface area (Å²) in [7, 11) is 0. The molecule has 0 radical (unpaired) electrons. The lowest BCUT2D eigenvalue weighted by Crippen LogP contribution is -2.50. The van der Waals surface area contributed by atoms with Crippen molar-refractivity contribution in [1.29, 1.82) is 0 Å². The molecule has 7 nitrogen and oxygen atoms in total. The maximum Gasteiger partial charge on any atom is 0.231 e. The van der Waals surface area contributed by atoms with E-state index in [1.807, 2.05) is 4.90 Å². The van der Waals surface area contributed by atoms with Crippen LogP contribution in [0.25, 0.3) is 0 Å². The molecular weight excluding hydrogens is 360 g/mol. The Bertz CT molecular complexity index is 717. The van der Waals surface area contributed by atoms with Gasteiger partial charge in [-0.1, -0.05) is 19.3 Å². The fourth-order valence-corrected chi connectivity index (χ4v) is 4.31. The van der Waals surface area contributed by atoms with Gasteiger partial charge in [-0.25, -0.2) is 0 Å². The topological polar surface area (TPSA) is 77.1 Å². The number of benzene rings is 1. The minimum atomic E-state index is -0.209. The molecule has 2 amide bonds. The monoisotopic (exact) mass is 388 g/mol. The largest absolute Gasteiger partial charge is 0.454 e. The van der Waals surface area contributed by atoms with E-state index in [2.05, 4.69) is 5.32 Å². The van der Waals surface area contributed by atoms with Crippen molar-refractivity contribution in [3.63, 3.8) is 0 Å². The second kappa shape index (κ2) is 8.82. The molecule has 1 saturated carbocycles. The van der Waals surface area contributed by atoms with Gasteiger partial charge in [0.05, 0.1) is 19.3 Å². The lowest BCUT2D eigenvalue weighted by Gasteiger charge is -2.36. The minimum absolute atomic E-state index is 0.134. The SMILES string of the molecule is O=C(C[C@H]1COCCN1C(=O)CC1CCCCC1)Nc1ccc2c(c1)OCO2. The maximum atomic E-state index is 12.9. The standard InChI is InChI=1S/C21H28N2O5/c24-20(22-16-6-7-18-19(11-16)28-14-27-18)12-17-13-26-9-8-23(17)21(25)10-15-4-2-1-3-5-15/h6-7,11,15,17H,1-5,8-10,12-14H2,(H,22,24)/t17-/m0/s1. The van der Waals surface area contributed by atoms with Crippen molar-refractivity contribution in [2.45, 2.75) is 51.0 Å². The van der Waals surface area contributed by atoms with Gasteiger partial charge in [0.25, 0.3) is 0 Å². The predicted octanol–water partition coefficient (Wildman–Crippen LogP) is 2.94. The van der Waals surface area contributed by atoms with Crippen molar-refractivity contribution >= 4 is 17.5 Å². The van der Waals surface area contributed by atoms with Crippen molar-refractivity contribution in [2.75, 3.05) is 31.9 Å². The number of rotatable bonds is 5. The molecule has 152 valence electrons. The second-order valence-corrected chi connectivity index (χ2v) is 7.84. The van der Waals surface area contributed by atoms with Crippen LogP contribution >= 0.6 is 0 Å². The highest BCUT2D eigenvalue weighted by atomic mass is 16.7. The Morgan fingerprint density at radius 2 is 1.89 bits per heavy atom. The highest BCUT2D eigenvalue weighted by Gasteiger charge is 2.30. The van der Waals surface area contributed by atoms with E-state index < -0.39 is 0 Å². The van der Waals surface area contributed by atoms with Gasteiger partial charge < -0.3 is 24.4 Å². The van der Waals surface area contributed by atoms with E-state index in [9.17, 15) is 9.59 Å². The summed E-state index contributed by atoms with van der Waals surface area (Å²) < 4.78 is 16.2. The zero-order chi connectivity index (χ0) is 19.3. The first kappa shape index (κ1) is 19.1. The maximum absolute atomic E-state index is 12.9. The summed E-state index contributed by atoms with van der Waals surface area (Å²) in [5.74, 6) is 1.83. The summed E-state index contributed by atoms with van der Waals surface area (Å²) >= 11 is 0. The van der Waals surface area contributed by atoms with Crippen LogP contribution in [-0.4, -0.2) is 49.3 Å². The summed E-state index contributed by atoms with van der Waals surface area (Å²) in [6, 6.07) is 5.11. The van der Waals surface area contributed by atoms with Crippen molar-refractivity contribution in [3.05, 3.63) is 18.2 Å². The Morgan fingerprint density at radius 1 is 1.07 bits per heavy atom. The lowest BCUT2D eigenvalue weighted by atomic mass is 9.86. The molecule has 2 aliphatic heterocycles. The van der Waals surface area contributed by atoms with Crippen molar-refractivity contribution in [2.24, 2.45) is 5.92 Å². The van der Waals surface area contributed by atoms with E-state index >= 15 is 0 Å². The third kappa shape index (κ3) is 4.58. The number of hydrogen-bond donors (Lipinski definition) is 1. The fraction of sp³-hybridized carbons (Fsp3) is 0.619.